The summed E-state index contributed by atoms with van der Waals surface area (Å²) in [7, 11) is -0.766. The first kappa shape index (κ1) is 15.5. The summed E-state index contributed by atoms with van der Waals surface area (Å²) in [4.78, 5) is 0. The molecule has 0 radical (unpaired) electrons. The number of hydrogen-bond donors (Lipinski definition) is 1. The van der Waals surface area contributed by atoms with Gasteiger partial charge in [0.1, 0.15) is 5.75 Å². The SMILES string of the molecule is CC1CCCC(S(=O)CCOc2ccccc2CN)C1. The summed E-state index contributed by atoms with van der Waals surface area (Å²) in [5.74, 6) is 2.16. The van der Waals surface area contributed by atoms with Crippen molar-refractivity contribution in [3.05, 3.63) is 29.8 Å². The van der Waals surface area contributed by atoms with E-state index in [4.69, 9.17) is 10.5 Å². The van der Waals surface area contributed by atoms with Crippen molar-refractivity contribution < 1.29 is 8.95 Å². The third kappa shape index (κ3) is 4.32. The van der Waals surface area contributed by atoms with Crippen LogP contribution in [0, 0.1) is 5.92 Å². The molecule has 1 aliphatic carbocycles. The second-order valence-corrected chi connectivity index (χ2v) is 7.48. The van der Waals surface area contributed by atoms with E-state index in [9.17, 15) is 4.21 Å². The van der Waals surface area contributed by atoms with Crippen LogP contribution in [-0.2, 0) is 17.3 Å². The molecule has 2 rings (SSSR count). The number of rotatable bonds is 6. The van der Waals surface area contributed by atoms with Crippen LogP contribution in [0.2, 0.25) is 0 Å². The lowest BCUT2D eigenvalue weighted by Gasteiger charge is -2.26. The molecular formula is C16H25NO2S. The maximum atomic E-state index is 12.3. The Bertz CT molecular complexity index is 450. The summed E-state index contributed by atoms with van der Waals surface area (Å²) >= 11 is 0. The third-order valence-electron chi connectivity index (χ3n) is 3.99. The fourth-order valence-corrected chi connectivity index (χ4v) is 4.38. The molecule has 0 heterocycles. The van der Waals surface area contributed by atoms with Gasteiger partial charge in [-0.05, 0) is 24.8 Å². The molecule has 20 heavy (non-hydrogen) atoms. The van der Waals surface area contributed by atoms with Gasteiger partial charge in [0.05, 0.1) is 12.4 Å². The van der Waals surface area contributed by atoms with Gasteiger partial charge in [-0.15, -0.1) is 0 Å². The molecule has 0 amide bonds. The summed E-state index contributed by atoms with van der Waals surface area (Å²) in [6.45, 7) is 3.24. The predicted octanol–water partition coefficient (Wildman–Crippen LogP) is 2.85. The van der Waals surface area contributed by atoms with Crippen LogP contribution in [0.15, 0.2) is 24.3 Å². The van der Waals surface area contributed by atoms with E-state index in [2.05, 4.69) is 6.92 Å². The van der Waals surface area contributed by atoms with Crippen molar-refractivity contribution in [3.8, 4) is 5.75 Å². The van der Waals surface area contributed by atoms with Crippen LogP contribution in [0.3, 0.4) is 0 Å². The van der Waals surface area contributed by atoms with Gasteiger partial charge in [-0.2, -0.15) is 0 Å². The van der Waals surface area contributed by atoms with E-state index in [0.717, 1.165) is 30.1 Å². The van der Waals surface area contributed by atoms with Crippen molar-refractivity contribution in [1.82, 2.24) is 0 Å². The second kappa shape index (κ2) is 7.79. The number of nitrogens with two attached hydrogens (primary N) is 1. The van der Waals surface area contributed by atoms with E-state index in [0.29, 0.717) is 24.2 Å². The Morgan fingerprint density at radius 3 is 2.90 bits per heavy atom. The monoisotopic (exact) mass is 295 g/mol. The van der Waals surface area contributed by atoms with Crippen molar-refractivity contribution in [2.24, 2.45) is 11.7 Å². The lowest BCUT2D eigenvalue weighted by Crippen LogP contribution is -2.26. The quantitative estimate of drug-likeness (QED) is 0.878. The Hall–Kier alpha value is -0.870. The van der Waals surface area contributed by atoms with E-state index in [1.165, 1.54) is 12.8 Å². The predicted molar refractivity (Wildman–Crippen MR) is 84.3 cm³/mol. The maximum absolute atomic E-state index is 12.3. The summed E-state index contributed by atoms with van der Waals surface area (Å²) in [5.41, 5.74) is 6.68. The Kier molecular flexibility index (Phi) is 6.05. The van der Waals surface area contributed by atoms with Crippen molar-refractivity contribution >= 4 is 10.8 Å². The van der Waals surface area contributed by atoms with Crippen LogP contribution in [0.5, 0.6) is 5.75 Å². The van der Waals surface area contributed by atoms with Gasteiger partial charge in [0.15, 0.2) is 0 Å². The van der Waals surface area contributed by atoms with Crippen molar-refractivity contribution in [2.45, 2.75) is 44.4 Å². The van der Waals surface area contributed by atoms with Gasteiger partial charge >= 0.3 is 0 Å². The highest BCUT2D eigenvalue weighted by atomic mass is 32.2. The van der Waals surface area contributed by atoms with Crippen LogP contribution in [0.25, 0.3) is 0 Å². The van der Waals surface area contributed by atoms with E-state index < -0.39 is 10.8 Å². The largest absolute Gasteiger partial charge is 0.492 e. The molecule has 0 spiro atoms. The lowest BCUT2D eigenvalue weighted by atomic mass is 9.91. The first-order valence-corrected chi connectivity index (χ1v) is 8.87. The van der Waals surface area contributed by atoms with Gasteiger partial charge in [0, 0.05) is 28.2 Å². The second-order valence-electron chi connectivity index (χ2n) is 5.64. The van der Waals surface area contributed by atoms with Crippen LogP contribution in [0.4, 0.5) is 0 Å². The van der Waals surface area contributed by atoms with Crippen LogP contribution < -0.4 is 10.5 Å². The Morgan fingerprint density at radius 1 is 1.35 bits per heavy atom. The van der Waals surface area contributed by atoms with Crippen LogP contribution >= 0.6 is 0 Å². The summed E-state index contributed by atoms with van der Waals surface area (Å²) < 4.78 is 18.0. The Labute approximate surface area is 124 Å². The van der Waals surface area contributed by atoms with Crippen molar-refractivity contribution in [2.75, 3.05) is 12.4 Å². The molecule has 1 aromatic carbocycles. The van der Waals surface area contributed by atoms with Crippen LogP contribution in [0.1, 0.15) is 38.2 Å². The summed E-state index contributed by atoms with van der Waals surface area (Å²) in [5, 5.41) is 0.368. The van der Waals surface area contributed by atoms with Gasteiger partial charge in [0.2, 0.25) is 0 Å². The topological polar surface area (TPSA) is 52.3 Å². The highest BCUT2D eigenvalue weighted by Gasteiger charge is 2.23. The van der Waals surface area contributed by atoms with E-state index in [-0.39, 0.29) is 0 Å². The fraction of sp³-hybridized carbons (Fsp3) is 0.625. The van der Waals surface area contributed by atoms with E-state index >= 15 is 0 Å². The van der Waals surface area contributed by atoms with Gasteiger partial charge < -0.3 is 10.5 Å². The van der Waals surface area contributed by atoms with Crippen LogP contribution in [-0.4, -0.2) is 21.8 Å². The molecule has 1 fully saturated rings. The molecule has 0 bridgehead atoms. The molecule has 2 N–H and O–H groups in total. The lowest BCUT2D eigenvalue weighted by molar-refractivity contribution is 0.337. The zero-order chi connectivity index (χ0) is 14.4. The minimum atomic E-state index is -0.766. The molecule has 1 aromatic rings. The number of hydrogen-bond acceptors (Lipinski definition) is 3. The molecule has 0 saturated heterocycles. The van der Waals surface area contributed by atoms with Crippen molar-refractivity contribution in [1.29, 1.82) is 0 Å². The molecule has 3 atom stereocenters. The fourth-order valence-electron chi connectivity index (χ4n) is 2.83. The highest BCUT2D eigenvalue weighted by Crippen LogP contribution is 2.27. The third-order valence-corrected chi connectivity index (χ3v) is 5.74. The molecule has 3 nitrogen and oxygen atoms in total. The summed E-state index contributed by atoms with van der Waals surface area (Å²) in [6.07, 6.45) is 4.71. The molecular weight excluding hydrogens is 270 g/mol. The molecule has 0 aliphatic heterocycles. The summed E-state index contributed by atoms with van der Waals surface area (Å²) in [6, 6.07) is 7.79. The number of benzene rings is 1. The van der Waals surface area contributed by atoms with E-state index in [1.54, 1.807) is 0 Å². The van der Waals surface area contributed by atoms with Gasteiger partial charge in [0.25, 0.3) is 0 Å². The molecule has 0 aromatic heterocycles. The average molecular weight is 295 g/mol. The van der Waals surface area contributed by atoms with Crippen molar-refractivity contribution in [3.63, 3.8) is 0 Å². The standard InChI is InChI=1S/C16H25NO2S/c1-13-5-4-7-15(11-13)20(18)10-9-19-16-8-3-2-6-14(16)12-17/h2-3,6,8,13,15H,4-5,7,9-12,17H2,1H3. The van der Waals surface area contributed by atoms with Gasteiger partial charge in [-0.25, -0.2) is 0 Å². The zero-order valence-corrected chi connectivity index (χ0v) is 13.0. The Morgan fingerprint density at radius 2 is 2.15 bits per heavy atom. The van der Waals surface area contributed by atoms with Gasteiger partial charge in [-0.3, -0.25) is 4.21 Å². The number of para-hydroxylation sites is 1. The first-order chi connectivity index (χ1) is 9.70. The molecule has 3 unspecified atom stereocenters. The average Bonchev–Trinajstić information content (AvgIpc) is 2.47. The minimum absolute atomic E-state index is 0.368. The Balaban J connectivity index is 1.79. The normalized spacial score (nSPS) is 24.3. The maximum Gasteiger partial charge on any atom is 0.123 e. The smallest absolute Gasteiger partial charge is 0.123 e. The molecule has 1 saturated carbocycles. The molecule has 4 heteroatoms. The van der Waals surface area contributed by atoms with E-state index in [1.807, 2.05) is 24.3 Å². The van der Waals surface area contributed by atoms with Gasteiger partial charge in [-0.1, -0.05) is 38.0 Å². The minimum Gasteiger partial charge on any atom is -0.492 e. The molecule has 112 valence electrons. The highest BCUT2D eigenvalue weighted by molar-refractivity contribution is 7.85. The number of ether oxygens (including phenoxy) is 1. The first-order valence-electron chi connectivity index (χ1n) is 7.48. The molecule has 1 aliphatic rings. The zero-order valence-electron chi connectivity index (χ0n) is 12.2.